The van der Waals surface area contributed by atoms with Crippen molar-refractivity contribution >= 4 is 51.2 Å². The summed E-state index contributed by atoms with van der Waals surface area (Å²) in [6, 6.07) is 14.2. The first-order valence-electron chi connectivity index (χ1n) is 9.90. The molecule has 0 N–H and O–H groups in total. The molecule has 7 heteroatoms. The van der Waals surface area contributed by atoms with Crippen LogP contribution in [0.4, 0.5) is 0 Å². The van der Waals surface area contributed by atoms with Crippen LogP contribution in [0.2, 0.25) is 0 Å². The molecular formula is C23H18N4O2S. The molecule has 2 aromatic carbocycles. The normalized spacial score (nSPS) is 15.8. The summed E-state index contributed by atoms with van der Waals surface area (Å²) in [5.74, 6) is 0.0103. The molecule has 30 heavy (non-hydrogen) atoms. The lowest BCUT2D eigenvalue weighted by atomic mass is 10.0. The minimum Gasteiger partial charge on any atom is -0.456 e. The second-order valence-electron chi connectivity index (χ2n) is 7.56. The van der Waals surface area contributed by atoms with Crippen molar-refractivity contribution in [1.82, 2.24) is 14.3 Å². The van der Waals surface area contributed by atoms with Crippen molar-refractivity contribution in [1.29, 1.82) is 0 Å². The molecule has 0 spiro atoms. The van der Waals surface area contributed by atoms with E-state index in [2.05, 4.69) is 21.6 Å². The lowest BCUT2D eigenvalue weighted by Gasteiger charge is -2.24. The van der Waals surface area contributed by atoms with Gasteiger partial charge in [-0.15, -0.1) is 0 Å². The van der Waals surface area contributed by atoms with Gasteiger partial charge in [0.15, 0.2) is 0 Å². The van der Waals surface area contributed by atoms with E-state index >= 15 is 0 Å². The molecule has 2 aliphatic heterocycles. The number of benzene rings is 2. The Morgan fingerprint density at radius 3 is 3.00 bits per heavy atom. The third kappa shape index (κ3) is 2.90. The Balaban J connectivity index is 1.22. The Morgan fingerprint density at radius 1 is 1.13 bits per heavy atom. The highest BCUT2D eigenvalue weighted by atomic mass is 32.1. The molecule has 4 heterocycles. The number of hydrogen-bond acceptors (Lipinski definition) is 6. The number of furan rings is 1. The second kappa shape index (κ2) is 6.81. The predicted octanol–water partition coefficient (Wildman–Crippen LogP) is 4.47. The molecule has 0 bridgehead atoms. The Bertz CT molecular complexity index is 1350. The Labute approximate surface area is 176 Å². The van der Waals surface area contributed by atoms with E-state index in [1.165, 1.54) is 22.0 Å². The highest BCUT2D eigenvalue weighted by Crippen LogP contribution is 2.30. The molecule has 0 atom stereocenters. The summed E-state index contributed by atoms with van der Waals surface area (Å²) in [6.07, 6.45) is 6.62. The number of rotatable bonds is 3. The van der Waals surface area contributed by atoms with Gasteiger partial charge in [0.05, 0.1) is 23.7 Å². The zero-order chi connectivity index (χ0) is 20.1. The average molecular weight is 414 g/mol. The quantitative estimate of drug-likeness (QED) is 0.496. The highest BCUT2D eigenvalue weighted by molar-refractivity contribution is 7.06. The molecule has 0 saturated carbocycles. The van der Waals surface area contributed by atoms with Gasteiger partial charge in [-0.3, -0.25) is 4.79 Å². The van der Waals surface area contributed by atoms with E-state index in [0.717, 1.165) is 39.6 Å². The molecule has 4 aromatic rings. The summed E-state index contributed by atoms with van der Waals surface area (Å²) in [5, 5.41) is 8.41. The Hall–Kier alpha value is -3.45. The van der Waals surface area contributed by atoms with Crippen LogP contribution in [0.5, 0.6) is 0 Å². The van der Waals surface area contributed by atoms with Crippen LogP contribution in [-0.2, 0) is 11.3 Å². The van der Waals surface area contributed by atoms with E-state index in [0.29, 0.717) is 19.6 Å². The van der Waals surface area contributed by atoms with Crippen LogP contribution in [-0.4, -0.2) is 39.0 Å². The van der Waals surface area contributed by atoms with Crippen LogP contribution in [0.25, 0.3) is 28.0 Å². The van der Waals surface area contributed by atoms with Gasteiger partial charge in [-0.25, -0.2) is 9.38 Å². The third-order valence-electron chi connectivity index (χ3n) is 5.62. The first kappa shape index (κ1) is 17.4. The summed E-state index contributed by atoms with van der Waals surface area (Å²) in [4.78, 5) is 16.0. The van der Waals surface area contributed by atoms with Crippen molar-refractivity contribution in [2.24, 2.45) is 5.10 Å². The van der Waals surface area contributed by atoms with Crippen LogP contribution in [0.15, 0.2) is 64.4 Å². The van der Waals surface area contributed by atoms with Crippen molar-refractivity contribution in [3.63, 3.8) is 0 Å². The minimum atomic E-state index is 0.0103. The smallest absolute Gasteiger partial charge is 0.262 e. The molecular weight excluding hydrogens is 396 g/mol. The average Bonchev–Trinajstić information content (AvgIpc) is 3.50. The standard InChI is InChI=1S/C23H18N4O2S/c28-23(14-26-9-8-22-16(13-26)12-24-30-22)27-10-7-19(25-27)15-5-6-21-18(11-15)17-3-1-2-4-20(17)29-21/h1-6,8-9,11-12H,7,10,13-14H2. The van der Waals surface area contributed by atoms with E-state index in [1.807, 2.05) is 53.7 Å². The van der Waals surface area contributed by atoms with E-state index in [1.54, 1.807) is 5.01 Å². The molecule has 0 saturated heterocycles. The van der Waals surface area contributed by atoms with Gasteiger partial charge < -0.3 is 9.32 Å². The van der Waals surface area contributed by atoms with Crippen LogP contribution in [0, 0.1) is 0 Å². The van der Waals surface area contributed by atoms with Gasteiger partial charge in [0.1, 0.15) is 11.2 Å². The monoisotopic (exact) mass is 414 g/mol. The summed E-state index contributed by atoms with van der Waals surface area (Å²) in [5.41, 5.74) is 4.89. The van der Waals surface area contributed by atoms with Gasteiger partial charge in [-0.1, -0.05) is 18.2 Å². The third-order valence-corrected chi connectivity index (χ3v) is 6.43. The maximum absolute atomic E-state index is 12.8. The summed E-state index contributed by atoms with van der Waals surface area (Å²) < 4.78 is 10.1. The van der Waals surface area contributed by atoms with Gasteiger partial charge in [0.2, 0.25) is 0 Å². The fraction of sp³-hybridized carbons (Fsp3) is 0.174. The lowest BCUT2D eigenvalue weighted by Crippen LogP contribution is -2.34. The Kier molecular flexibility index (Phi) is 3.95. The molecule has 2 aromatic heterocycles. The van der Waals surface area contributed by atoms with E-state index in [9.17, 15) is 4.79 Å². The number of fused-ring (bicyclic) bond motifs is 4. The van der Waals surface area contributed by atoms with Crippen LogP contribution in [0.3, 0.4) is 0 Å². The maximum atomic E-state index is 12.8. The molecule has 6 rings (SSSR count). The SMILES string of the molecule is O=C(CN1C=Cc2sncc2C1)N1CCC(c2ccc3oc4ccccc4c3c2)=N1. The van der Waals surface area contributed by atoms with Gasteiger partial charge in [-0.2, -0.15) is 5.10 Å². The molecule has 0 aliphatic carbocycles. The predicted molar refractivity (Wildman–Crippen MR) is 118 cm³/mol. The molecule has 2 aliphatic rings. The first-order chi connectivity index (χ1) is 14.7. The van der Waals surface area contributed by atoms with E-state index in [4.69, 9.17) is 4.42 Å². The van der Waals surface area contributed by atoms with Crippen LogP contribution < -0.4 is 0 Å². The molecule has 0 fully saturated rings. The largest absolute Gasteiger partial charge is 0.456 e. The lowest BCUT2D eigenvalue weighted by molar-refractivity contribution is -0.131. The van der Waals surface area contributed by atoms with E-state index in [-0.39, 0.29) is 5.91 Å². The molecule has 6 nitrogen and oxygen atoms in total. The maximum Gasteiger partial charge on any atom is 0.262 e. The number of hydrazone groups is 1. The number of carbonyl (C=O) groups excluding carboxylic acids is 1. The first-order valence-corrected chi connectivity index (χ1v) is 10.7. The highest BCUT2D eigenvalue weighted by Gasteiger charge is 2.24. The zero-order valence-corrected chi connectivity index (χ0v) is 16.9. The number of para-hydroxylation sites is 1. The molecule has 0 unspecified atom stereocenters. The number of carbonyl (C=O) groups is 1. The van der Waals surface area contributed by atoms with Gasteiger partial charge in [0, 0.05) is 41.7 Å². The van der Waals surface area contributed by atoms with Crippen molar-refractivity contribution in [3.05, 3.63) is 70.9 Å². The number of aromatic nitrogens is 1. The van der Waals surface area contributed by atoms with Gasteiger partial charge in [0.25, 0.3) is 5.91 Å². The van der Waals surface area contributed by atoms with E-state index < -0.39 is 0 Å². The van der Waals surface area contributed by atoms with Gasteiger partial charge >= 0.3 is 0 Å². The summed E-state index contributed by atoms with van der Waals surface area (Å²) in [6.45, 7) is 1.64. The van der Waals surface area contributed by atoms with Crippen molar-refractivity contribution < 1.29 is 9.21 Å². The topological polar surface area (TPSA) is 61.9 Å². The number of nitrogens with zero attached hydrogens (tertiary/aromatic N) is 4. The fourth-order valence-electron chi connectivity index (χ4n) is 4.08. The summed E-state index contributed by atoms with van der Waals surface area (Å²) in [7, 11) is 0. The van der Waals surface area contributed by atoms with Crippen molar-refractivity contribution in [3.8, 4) is 0 Å². The number of hydrogen-bond donors (Lipinski definition) is 0. The molecule has 0 radical (unpaired) electrons. The van der Waals surface area contributed by atoms with Crippen LogP contribution >= 0.6 is 11.5 Å². The summed E-state index contributed by atoms with van der Waals surface area (Å²) >= 11 is 1.48. The van der Waals surface area contributed by atoms with Gasteiger partial charge in [-0.05, 0) is 47.4 Å². The van der Waals surface area contributed by atoms with Crippen LogP contribution in [0.1, 0.15) is 22.4 Å². The molecule has 1 amide bonds. The van der Waals surface area contributed by atoms with Crippen molar-refractivity contribution in [2.45, 2.75) is 13.0 Å². The fourth-order valence-corrected chi connectivity index (χ4v) is 4.73. The van der Waals surface area contributed by atoms with Crippen molar-refractivity contribution in [2.75, 3.05) is 13.1 Å². The number of amides is 1. The Morgan fingerprint density at radius 2 is 2.03 bits per heavy atom. The minimum absolute atomic E-state index is 0.0103. The zero-order valence-electron chi connectivity index (χ0n) is 16.1. The second-order valence-corrected chi connectivity index (χ2v) is 8.39. The molecule has 148 valence electrons.